The van der Waals surface area contributed by atoms with E-state index in [1.165, 1.54) is 19.3 Å². The molecule has 0 saturated heterocycles. The number of carbonyl (C=O) groups is 1. The molecular weight excluding hydrogens is 252 g/mol. The van der Waals surface area contributed by atoms with E-state index in [0.29, 0.717) is 6.42 Å². The normalized spacial score (nSPS) is 11.4. The van der Waals surface area contributed by atoms with E-state index in [-0.39, 0.29) is 0 Å². The smallest absolute Gasteiger partial charge is 0.303 e. The van der Waals surface area contributed by atoms with E-state index in [2.05, 4.69) is 13.0 Å². The highest BCUT2D eigenvalue weighted by Crippen LogP contribution is 2.07. The maximum absolute atomic E-state index is 10.3. The van der Waals surface area contributed by atoms with Crippen molar-refractivity contribution in [3.63, 3.8) is 0 Å². The molecule has 0 atom stereocenters. The van der Waals surface area contributed by atoms with E-state index in [1.807, 2.05) is 6.08 Å². The summed E-state index contributed by atoms with van der Waals surface area (Å²) in [5.74, 6) is -0.687. The van der Waals surface area contributed by atoms with Crippen LogP contribution in [0.5, 0.6) is 0 Å². The molecule has 1 N–H and O–H groups in total. The Kier molecular flexibility index (Phi) is 14.8. The quantitative estimate of drug-likeness (QED) is 0.341. The number of carboxylic acids is 1. The third-order valence-corrected chi connectivity index (χ3v) is 3.09. The van der Waals surface area contributed by atoms with Crippen molar-refractivity contribution in [2.45, 2.75) is 77.6 Å². The van der Waals surface area contributed by atoms with Crippen LogP contribution in [0.1, 0.15) is 77.6 Å². The summed E-state index contributed by atoms with van der Waals surface area (Å²) in [6.45, 7) is 2.20. The van der Waals surface area contributed by atoms with Crippen molar-refractivity contribution < 1.29 is 14.6 Å². The maximum atomic E-state index is 10.3. The summed E-state index contributed by atoms with van der Waals surface area (Å²) in [7, 11) is 0. The molecule has 116 valence electrons. The topological polar surface area (TPSA) is 46.5 Å². The number of allylic oxidation sites excluding steroid dienone is 2. The molecule has 3 nitrogen and oxygen atoms in total. The van der Waals surface area contributed by atoms with Crippen molar-refractivity contribution in [1.29, 1.82) is 0 Å². The van der Waals surface area contributed by atoms with Gasteiger partial charge in [-0.15, -0.1) is 0 Å². The van der Waals surface area contributed by atoms with Crippen LogP contribution in [-0.2, 0) is 9.53 Å². The summed E-state index contributed by atoms with van der Waals surface area (Å²) in [5.41, 5.74) is 0. The first kappa shape index (κ1) is 18.8. The van der Waals surface area contributed by atoms with Crippen molar-refractivity contribution in [3.05, 3.63) is 24.7 Å². The first-order valence-electron chi connectivity index (χ1n) is 7.94. The molecule has 0 aliphatic rings. The van der Waals surface area contributed by atoms with Crippen LogP contribution in [0.15, 0.2) is 24.7 Å². The highest BCUT2D eigenvalue weighted by Gasteiger charge is 1.95. The molecule has 0 fully saturated rings. The first-order valence-corrected chi connectivity index (χ1v) is 7.94. The Balaban J connectivity index is 3.17. The Morgan fingerprint density at radius 2 is 1.45 bits per heavy atom. The molecule has 0 saturated carbocycles. The Hall–Kier alpha value is -1.25. The highest BCUT2D eigenvalue weighted by molar-refractivity contribution is 5.66. The second-order valence-corrected chi connectivity index (χ2v) is 5.08. The number of hydrogen-bond donors (Lipinski definition) is 1. The average Bonchev–Trinajstić information content (AvgIpc) is 2.43. The third-order valence-electron chi connectivity index (χ3n) is 3.09. The number of rotatable bonds is 14. The van der Waals surface area contributed by atoms with Gasteiger partial charge in [0.05, 0.1) is 12.5 Å². The monoisotopic (exact) mass is 282 g/mol. The molecule has 0 aromatic rings. The summed E-state index contributed by atoms with van der Waals surface area (Å²) in [6.07, 6.45) is 19.1. The van der Waals surface area contributed by atoms with Crippen molar-refractivity contribution in [1.82, 2.24) is 0 Å². The minimum Gasteiger partial charge on any atom is -0.481 e. The molecule has 0 unspecified atom stereocenters. The lowest BCUT2D eigenvalue weighted by molar-refractivity contribution is -0.137. The lowest BCUT2D eigenvalue weighted by atomic mass is 10.1. The largest absolute Gasteiger partial charge is 0.481 e. The molecule has 0 heterocycles. The standard InChI is InChI=1S/C17H30O3/c1-2-3-4-9-12-15-20-16-13-10-7-5-6-8-11-14-17(18)19/h12-13,15-16H,2-11,14H2,1H3,(H,18,19)/b15-12+,16-13+. The molecule has 0 spiro atoms. The minimum absolute atomic E-state index is 0.304. The fourth-order valence-electron chi connectivity index (χ4n) is 1.87. The summed E-state index contributed by atoms with van der Waals surface area (Å²) in [5, 5.41) is 8.49. The SMILES string of the molecule is CCCCC/C=C/O/C=C/CCCCCCCC(=O)O. The van der Waals surface area contributed by atoms with Crippen LogP contribution in [0.4, 0.5) is 0 Å². The van der Waals surface area contributed by atoms with Crippen LogP contribution < -0.4 is 0 Å². The molecule has 0 radical (unpaired) electrons. The second-order valence-electron chi connectivity index (χ2n) is 5.08. The Bertz CT molecular complexity index is 269. The number of carboxylic acid groups (broad SMARTS) is 1. The van der Waals surface area contributed by atoms with Gasteiger partial charge in [-0.25, -0.2) is 0 Å². The van der Waals surface area contributed by atoms with E-state index < -0.39 is 5.97 Å². The molecule has 0 rings (SSSR count). The van der Waals surface area contributed by atoms with Gasteiger partial charge in [0, 0.05) is 6.42 Å². The molecule has 0 bridgehead atoms. The van der Waals surface area contributed by atoms with Gasteiger partial charge >= 0.3 is 5.97 Å². The summed E-state index contributed by atoms with van der Waals surface area (Å²) in [4.78, 5) is 10.3. The second kappa shape index (κ2) is 15.8. The van der Waals surface area contributed by atoms with Crippen molar-refractivity contribution in [2.24, 2.45) is 0 Å². The molecule has 0 aromatic heterocycles. The van der Waals surface area contributed by atoms with E-state index in [0.717, 1.165) is 44.9 Å². The van der Waals surface area contributed by atoms with Crippen molar-refractivity contribution in [3.8, 4) is 0 Å². The number of hydrogen-bond acceptors (Lipinski definition) is 2. The Labute approximate surface area is 123 Å². The van der Waals surface area contributed by atoms with Gasteiger partial charge in [-0.3, -0.25) is 4.79 Å². The Morgan fingerprint density at radius 3 is 2.05 bits per heavy atom. The van der Waals surface area contributed by atoms with E-state index in [4.69, 9.17) is 9.84 Å². The van der Waals surface area contributed by atoms with Gasteiger partial charge in [0.25, 0.3) is 0 Å². The molecule has 3 heteroatoms. The number of aliphatic carboxylic acids is 1. The molecular formula is C17H30O3. The average molecular weight is 282 g/mol. The van der Waals surface area contributed by atoms with Gasteiger partial charge in [-0.05, 0) is 44.3 Å². The van der Waals surface area contributed by atoms with E-state index in [1.54, 1.807) is 12.5 Å². The summed E-state index contributed by atoms with van der Waals surface area (Å²) >= 11 is 0. The molecule has 0 aliphatic carbocycles. The highest BCUT2D eigenvalue weighted by atomic mass is 16.5. The van der Waals surface area contributed by atoms with Crippen LogP contribution in [0, 0.1) is 0 Å². The molecule has 0 amide bonds. The summed E-state index contributed by atoms with van der Waals surface area (Å²) in [6, 6.07) is 0. The van der Waals surface area contributed by atoms with Gasteiger partial charge in [-0.1, -0.05) is 39.0 Å². The van der Waals surface area contributed by atoms with Gasteiger partial charge in [-0.2, -0.15) is 0 Å². The number of ether oxygens (including phenoxy) is 1. The zero-order chi connectivity index (χ0) is 14.9. The van der Waals surface area contributed by atoms with Crippen LogP contribution >= 0.6 is 0 Å². The first-order chi connectivity index (χ1) is 9.77. The van der Waals surface area contributed by atoms with Crippen LogP contribution in [-0.4, -0.2) is 11.1 Å². The predicted octanol–water partition coefficient (Wildman–Crippen LogP) is 5.43. The van der Waals surface area contributed by atoms with Gasteiger partial charge in [0.1, 0.15) is 0 Å². The minimum atomic E-state index is -0.687. The lowest BCUT2D eigenvalue weighted by Crippen LogP contribution is -1.93. The third kappa shape index (κ3) is 16.8. The zero-order valence-electron chi connectivity index (χ0n) is 12.9. The molecule has 0 aromatic carbocycles. The zero-order valence-corrected chi connectivity index (χ0v) is 12.9. The van der Waals surface area contributed by atoms with Crippen LogP contribution in [0.3, 0.4) is 0 Å². The van der Waals surface area contributed by atoms with Crippen molar-refractivity contribution in [2.75, 3.05) is 0 Å². The van der Waals surface area contributed by atoms with Gasteiger partial charge < -0.3 is 9.84 Å². The maximum Gasteiger partial charge on any atom is 0.303 e. The Morgan fingerprint density at radius 1 is 0.900 bits per heavy atom. The van der Waals surface area contributed by atoms with E-state index in [9.17, 15) is 4.79 Å². The van der Waals surface area contributed by atoms with Crippen molar-refractivity contribution >= 4 is 5.97 Å². The fraction of sp³-hybridized carbons (Fsp3) is 0.706. The van der Waals surface area contributed by atoms with E-state index >= 15 is 0 Å². The van der Waals surface area contributed by atoms with Gasteiger partial charge in [0.15, 0.2) is 0 Å². The van der Waals surface area contributed by atoms with Crippen LogP contribution in [0.2, 0.25) is 0 Å². The number of unbranched alkanes of at least 4 members (excludes halogenated alkanes) is 8. The predicted molar refractivity (Wildman–Crippen MR) is 83.5 cm³/mol. The summed E-state index contributed by atoms with van der Waals surface area (Å²) < 4.78 is 5.26. The van der Waals surface area contributed by atoms with Gasteiger partial charge in [0.2, 0.25) is 0 Å². The molecule has 20 heavy (non-hydrogen) atoms. The van der Waals surface area contributed by atoms with Crippen LogP contribution in [0.25, 0.3) is 0 Å². The molecule has 0 aliphatic heterocycles. The lowest BCUT2D eigenvalue weighted by Gasteiger charge is -1.98. The fourth-order valence-corrected chi connectivity index (χ4v) is 1.87.